The number of aryl methyl sites for hydroxylation is 1. The van der Waals surface area contributed by atoms with Gasteiger partial charge in [-0.05, 0) is 64.4 Å². The Morgan fingerprint density at radius 3 is 2.32 bits per heavy atom. The fraction of sp³-hybridized carbons (Fsp3) is 0.560. The molecule has 0 spiro atoms. The number of anilines is 2. The molecule has 1 aromatic heterocycles. The number of hydrogen-bond acceptors (Lipinski definition) is 6. The second-order valence-electron chi connectivity index (χ2n) is 9.55. The molecule has 0 bridgehead atoms. The van der Waals surface area contributed by atoms with E-state index in [1.807, 2.05) is 12.4 Å². The first-order valence-corrected chi connectivity index (χ1v) is 11.8. The lowest BCUT2D eigenvalue weighted by Gasteiger charge is -2.32. The molecule has 0 aliphatic carbocycles. The van der Waals surface area contributed by atoms with Crippen LogP contribution in [0.2, 0.25) is 0 Å². The lowest BCUT2D eigenvalue weighted by Crippen LogP contribution is -2.35. The summed E-state index contributed by atoms with van der Waals surface area (Å²) >= 11 is 0. The van der Waals surface area contributed by atoms with Crippen LogP contribution in [0.3, 0.4) is 0 Å². The molecule has 2 aromatic rings. The zero-order valence-electron chi connectivity index (χ0n) is 20.4. The van der Waals surface area contributed by atoms with Gasteiger partial charge in [-0.25, -0.2) is 23.5 Å². The maximum Gasteiger partial charge on any atom is 0.412 e. The largest absolute Gasteiger partial charge is 0.493 e. The number of rotatable bonds is 8. The Morgan fingerprint density at radius 2 is 1.76 bits per heavy atom. The van der Waals surface area contributed by atoms with E-state index in [4.69, 9.17) is 9.47 Å². The number of amides is 1. The van der Waals surface area contributed by atoms with Gasteiger partial charge in [0.1, 0.15) is 17.0 Å². The van der Waals surface area contributed by atoms with E-state index in [0.29, 0.717) is 12.5 Å². The van der Waals surface area contributed by atoms with E-state index in [1.165, 1.54) is 0 Å². The minimum absolute atomic E-state index is 0.0900. The molecule has 1 aliphatic rings. The monoisotopic (exact) mass is 476 g/mol. The van der Waals surface area contributed by atoms with Gasteiger partial charge in [0.2, 0.25) is 5.95 Å². The van der Waals surface area contributed by atoms with Crippen molar-refractivity contribution in [3.8, 4) is 5.75 Å². The Kier molecular flexibility index (Phi) is 8.63. The first-order valence-electron chi connectivity index (χ1n) is 11.8. The summed E-state index contributed by atoms with van der Waals surface area (Å²) in [7, 11) is 0. The van der Waals surface area contributed by atoms with E-state index in [-0.39, 0.29) is 5.75 Å². The number of aromatic nitrogens is 2. The maximum atomic E-state index is 14.3. The third-order valence-electron chi connectivity index (χ3n) is 5.66. The molecule has 1 N–H and O–H groups in total. The molecule has 0 radical (unpaired) electrons. The van der Waals surface area contributed by atoms with Crippen molar-refractivity contribution in [3.05, 3.63) is 41.7 Å². The smallest absolute Gasteiger partial charge is 0.412 e. The van der Waals surface area contributed by atoms with E-state index >= 15 is 0 Å². The summed E-state index contributed by atoms with van der Waals surface area (Å²) in [6, 6.07) is 2.14. The van der Waals surface area contributed by atoms with Gasteiger partial charge in [-0.3, -0.25) is 5.32 Å². The number of carbonyl (C=O) groups excluding carboxylic acids is 1. The zero-order chi connectivity index (χ0) is 24.7. The molecule has 0 atom stereocenters. The summed E-state index contributed by atoms with van der Waals surface area (Å²) in [5, 5.41) is 2.11. The van der Waals surface area contributed by atoms with E-state index in [9.17, 15) is 13.6 Å². The quantitative estimate of drug-likeness (QED) is 0.490. The van der Waals surface area contributed by atoms with Crippen LogP contribution in [0.5, 0.6) is 5.75 Å². The van der Waals surface area contributed by atoms with Crippen molar-refractivity contribution < 1.29 is 23.0 Å². The average molecular weight is 477 g/mol. The number of halogens is 2. The molecule has 0 unspecified atom stereocenters. The Balaban J connectivity index is 1.40. The third kappa shape index (κ3) is 7.53. The summed E-state index contributed by atoms with van der Waals surface area (Å²) in [6.45, 7) is 9.27. The molecule has 1 aromatic carbocycles. The van der Waals surface area contributed by atoms with Crippen LogP contribution in [0, 0.1) is 17.6 Å². The number of ether oxygens (including phenoxy) is 2. The number of nitrogens with one attached hydrogen (secondary N) is 1. The predicted octanol–water partition coefficient (Wildman–Crippen LogP) is 5.74. The summed E-state index contributed by atoms with van der Waals surface area (Å²) in [4.78, 5) is 22.9. The number of hydrogen-bond donors (Lipinski definition) is 1. The summed E-state index contributed by atoms with van der Waals surface area (Å²) in [5.41, 5.74) is -0.195. The fourth-order valence-electron chi connectivity index (χ4n) is 3.84. The van der Waals surface area contributed by atoms with Gasteiger partial charge < -0.3 is 14.4 Å². The normalized spacial score (nSPS) is 14.7. The van der Waals surface area contributed by atoms with E-state index in [0.717, 1.165) is 68.8 Å². The molecular weight excluding hydrogens is 442 g/mol. The van der Waals surface area contributed by atoms with Crippen LogP contribution in [0.25, 0.3) is 0 Å². The first-order chi connectivity index (χ1) is 16.1. The molecule has 2 heterocycles. The van der Waals surface area contributed by atoms with Crippen molar-refractivity contribution in [2.24, 2.45) is 5.92 Å². The Labute approximate surface area is 199 Å². The van der Waals surface area contributed by atoms with Crippen LogP contribution < -0.4 is 15.0 Å². The Hall–Kier alpha value is -2.97. The molecular formula is C25H34F2N4O3. The van der Waals surface area contributed by atoms with Crippen molar-refractivity contribution >= 4 is 17.7 Å². The lowest BCUT2D eigenvalue weighted by atomic mass is 9.92. The number of benzene rings is 1. The van der Waals surface area contributed by atoms with Crippen molar-refractivity contribution in [3.63, 3.8) is 0 Å². The Bertz CT molecular complexity index is 933. The fourth-order valence-corrected chi connectivity index (χ4v) is 3.84. The van der Waals surface area contributed by atoms with E-state index < -0.39 is 29.0 Å². The number of nitrogens with zero attached hydrogens (tertiary/aromatic N) is 3. The molecule has 9 heteroatoms. The topological polar surface area (TPSA) is 76.6 Å². The van der Waals surface area contributed by atoms with Gasteiger partial charge in [-0.1, -0.05) is 6.92 Å². The van der Waals surface area contributed by atoms with Gasteiger partial charge in [0.05, 0.1) is 6.61 Å². The van der Waals surface area contributed by atoms with Gasteiger partial charge in [-0.15, -0.1) is 0 Å². The van der Waals surface area contributed by atoms with Crippen LogP contribution in [0.1, 0.15) is 58.9 Å². The molecule has 3 rings (SSSR count). The van der Waals surface area contributed by atoms with E-state index in [1.54, 1.807) is 20.8 Å². The van der Waals surface area contributed by atoms with Crippen LogP contribution in [-0.2, 0) is 11.2 Å². The second-order valence-corrected chi connectivity index (χ2v) is 9.55. The van der Waals surface area contributed by atoms with Gasteiger partial charge in [-0.2, -0.15) is 0 Å². The van der Waals surface area contributed by atoms with Crippen LogP contribution in [0.4, 0.5) is 25.2 Å². The Morgan fingerprint density at radius 1 is 1.15 bits per heavy atom. The summed E-state index contributed by atoms with van der Waals surface area (Å²) in [5.74, 6) is -0.381. The highest BCUT2D eigenvalue weighted by Gasteiger charge is 2.22. The molecule has 34 heavy (non-hydrogen) atoms. The minimum Gasteiger partial charge on any atom is -0.493 e. The number of piperidine rings is 1. The number of carbonyl (C=O) groups is 1. The molecule has 1 fully saturated rings. The van der Waals surface area contributed by atoms with Crippen LogP contribution >= 0.6 is 0 Å². The summed E-state index contributed by atoms with van der Waals surface area (Å²) in [6.07, 6.45) is 7.64. The van der Waals surface area contributed by atoms with Crippen LogP contribution in [-0.4, -0.2) is 41.4 Å². The molecule has 0 saturated carbocycles. The molecule has 186 valence electrons. The zero-order valence-corrected chi connectivity index (χ0v) is 20.4. The highest BCUT2D eigenvalue weighted by Crippen LogP contribution is 2.27. The predicted molar refractivity (Wildman–Crippen MR) is 127 cm³/mol. The van der Waals surface area contributed by atoms with Crippen molar-refractivity contribution in [2.45, 2.75) is 65.4 Å². The second kappa shape index (κ2) is 11.4. The van der Waals surface area contributed by atoms with Gasteiger partial charge in [0.25, 0.3) is 0 Å². The highest BCUT2D eigenvalue weighted by atomic mass is 19.1. The van der Waals surface area contributed by atoms with Gasteiger partial charge in [0.15, 0.2) is 11.6 Å². The maximum absolute atomic E-state index is 14.3. The summed E-state index contributed by atoms with van der Waals surface area (Å²) < 4.78 is 39.2. The van der Waals surface area contributed by atoms with Crippen molar-refractivity contribution in [1.29, 1.82) is 0 Å². The lowest BCUT2D eigenvalue weighted by molar-refractivity contribution is 0.0634. The van der Waals surface area contributed by atoms with Crippen LogP contribution in [0.15, 0.2) is 24.5 Å². The SMILES string of the molecule is CCc1cnc(N2CCC(CCCOc3cc(F)c(NC(=O)OC(C)(C)C)c(F)c3)CC2)nc1. The first kappa shape index (κ1) is 25.6. The highest BCUT2D eigenvalue weighted by molar-refractivity contribution is 5.85. The molecule has 1 amide bonds. The van der Waals surface area contributed by atoms with Crippen molar-refractivity contribution in [1.82, 2.24) is 9.97 Å². The molecule has 1 aliphatic heterocycles. The van der Waals surface area contributed by atoms with Gasteiger partial charge >= 0.3 is 6.09 Å². The molecule has 1 saturated heterocycles. The molecule has 7 nitrogen and oxygen atoms in total. The van der Waals surface area contributed by atoms with Crippen molar-refractivity contribution in [2.75, 3.05) is 29.9 Å². The minimum atomic E-state index is -0.922. The average Bonchev–Trinajstić information content (AvgIpc) is 2.78. The third-order valence-corrected chi connectivity index (χ3v) is 5.66. The standard InChI is InChI=1S/C25H34F2N4O3/c1-5-17-15-28-23(29-16-17)31-10-8-18(9-11-31)7-6-12-33-19-13-20(26)22(21(27)14-19)30-24(32)34-25(2,3)4/h13-16,18H,5-12H2,1-4H3,(H,30,32). The van der Waals surface area contributed by atoms with E-state index in [2.05, 4.69) is 27.1 Å². The van der Waals surface area contributed by atoms with Gasteiger partial charge in [0, 0.05) is 37.6 Å².